The van der Waals surface area contributed by atoms with E-state index in [9.17, 15) is 9.59 Å². The topological polar surface area (TPSA) is 65.2 Å². The highest BCUT2D eigenvalue weighted by atomic mass is 79.9. The number of H-pyrrole nitrogens is 1. The molecular weight excluding hydrogens is 322 g/mol. The average molecular weight is 336 g/mol. The first-order valence-corrected chi connectivity index (χ1v) is 6.73. The van der Waals surface area contributed by atoms with Crippen LogP contribution in [0.15, 0.2) is 45.8 Å². The number of carbonyl (C=O) groups excluding carboxylic acids is 1. The lowest BCUT2D eigenvalue weighted by atomic mass is 10.2. The molecule has 0 radical (unpaired) electrons. The van der Waals surface area contributed by atoms with Crippen LogP contribution in [0.2, 0.25) is 0 Å². The maximum atomic E-state index is 12.2. The van der Waals surface area contributed by atoms with Crippen molar-refractivity contribution >= 4 is 33.2 Å². The minimum Gasteiger partial charge on any atom is -0.376 e. The number of halogens is 1. The van der Waals surface area contributed by atoms with E-state index >= 15 is 0 Å². The van der Waals surface area contributed by atoms with Gasteiger partial charge < -0.3 is 15.2 Å². The minimum atomic E-state index is -0.322. The lowest BCUT2D eigenvalue weighted by Crippen LogP contribution is -2.18. The van der Waals surface area contributed by atoms with E-state index in [-0.39, 0.29) is 11.5 Å². The first-order valence-electron chi connectivity index (χ1n) is 5.94. The van der Waals surface area contributed by atoms with Gasteiger partial charge in [0.1, 0.15) is 0 Å². The van der Waals surface area contributed by atoms with Crippen LogP contribution in [0.25, 0.3) is 0 Å². The number of benzene rings is 1. The van der Waals surface area contributed by atoms with Crippen molar-refractivity contribution in [2.24, 2.45) is 0 Å². The van der Waals surface area contributed by atoms with Gasteiger partial charge in [0.15, 0.2) is 0 Å². The van der Waals surface area contributed by atoms with Gasteiger partial charge in [-0.25, -0.2) is 0 Å². The standard InChI is InChI=1S/C14H14BrN3O2/c1-18(2)12-4-3-10(15)8-11(12)17-14(20)9-5-6-16-13(19)7-9/h3-8H,1-2H3,(H,16,19)(H,17,20). The quantitative estimate of drug-likeness (QED) is 0.905. The van der Waals surface area contributed by atoms with E-state index in [1.54, 1.807) is 6.07 Å². The Bertz CT molecular complexity index is 695. The number of amides is 1. The molecule has 1 heterocycles. The van der Waals surface area contributed by atoms with E-state index in [2.05, 4.69) is 26.2 Å². The molecule has 1 amide bonds. The van der Waals surface area contributed by atoms with Crippen LogP contribution in [0.3, 0.4) is 0 Å². The summed E-state index contributed by atoms with van der Waals surface area (Å²) in [5.41, 5.74) is 1.57. The molecule has 1 aromatic carbocycles. The largest absolute Gasteiger partial charge is 0.376 e. The maximum Gasteiger partial charge on any atom is 0.255 e. The van der Waals surface area contributed by atoms with Crippen LogP contribution < -0.4 is 15.8 Å². The number of rotatable bonds is 3. The summed E-state index contributed by atoms with van der Waals surface area (Å²) in [4.78, 5) is 27.8. The zero-order valence-electron chi connectivity index (χ0n) is 11.1. The number of hydrogen-bond acceptors (Lipinski definition) is 3. The summed E-state index contributed by atoms with van der Waals surface area (Å²) in [5.74, 6) is -0.322. The van der Waals surface area contributed by atoms with E-state index < -0.39 is 0 Å². The molecule has 0 atom stereocenters. The first-order chi connectivity index (χ1) is 9.47. The van der Waals surface area contributed by atoms with Crippen molar-refractivity contribution in [1.29, 1.82) is 0 Å². The van der Waals surface area contributed by atoms with Gasteiger partial charge in [-0.2, -0.15) is 0 Å². The molecule has 0 unspecified atom stereocenters. The number of nitrogens with one attached hydrogen (secondary N) is 2. The van der Waals surface area contributed by atoms with Gasteiger partial charge in [-0.1, -0.05) is 15.9 Å². The molecule has 0 fully saturated rings. The summed E-state index contributed by atoms with van der Waals surface area (Å²) in [7, 11) is 3.79. The van der Waals surface area contributed by atoms with Crippen LogP contribution in [0.5, 0.6) is 0 Å². The van der Waals surface area contributed by atoms with Crippen molar-refractivity contribution in [3.63, 3.8) is 0 Å². The first kappa shape index (κ1) is 14.3. The number of aromatic nitrogens is 1. The number of anilines is 2. The van der Waals surface area contributed by atoms with Gasteiger partial charge in [-0.15, -0.1) is 0 Å². The monoisotopic (exact) mass is 335 g/mol. The van der Waals surface area contributed by atoms with Gasteiger partial charge in [-0.05, 0) is 24.3 Å². The van der Waals surface area contributed by atoms with Crippen molar-refractivity contribution in [3.8, 4) is 0 Å². The SMILES string of the molecule is CN(C)c1ccc(Br)cc1NC(=O)c1cc[nH]c(=O)c1. The molecule has 104 valence electrons. The van der Waals surface area contributed by atoms with Gasteiger partial charge in [0.2, 0.25) is 5.56 Å². The highest BCUT2D eigenvalue weighted by Crippen LogP contribution is 2.28. The minimum absolute atomic E-state index is 0.306. The van der Waals surface area contributed by atoms with E-state index in [0.717, 1.165) is 10.2 Å². The van der Waals surface area contributed by atoms with Crippen LogP contribution in [-0.4, -0.2) is 25.0 Å². The fourth-order valence-corrected chi connectivity index (χ4v) is 2.14. The molecule has 0 saturated carbocycles. The fourth-order valence-electron chi connectivity index (χ4n) is 1.78. The summed E-state index contributed by atoms with van der Waals surface area (Å²) in [5, 5.41) is 2.81. The Hall–Kier alpha value is -2.08. The van der Waals surface area contributed by atoms with Gasteiger partial charge in [0, 0.05) is 36.4 Å². The summed E-state index contributed by atoms with van der Waals surface area (Å²) in [6, 6.07) is 8.45. The van der Waals surface area contributed by atoms with Crippen LogP contribution in [-0.2, 0) is 0 Å². The van der Waals surface area contributed by atoms with E-state index in [1.807, 2.05) is 37.2 Å². The molecule has 0 aliphatic rings. The Balaban J connectivity index is 2.32. The lowest BCUT2D eigenvalue weighted by Gasteiger charge is -2.18. The molecule has 2 rings (SSSR count). The fraction of sp³-hybridized carbons (Fsp3) is 0.143. The maximum absolute atomic E-state index is 12.2. The van der Waals surface area contributed by atoms with E-state index in [1.165, 1.54) is 12.3 Å². The van der Waals surface area contributed by atoms with Crippen molar-refractivity contribution < 1.29 is 4.79 Å². The Morgan fingerprint density at radius 3 is 2.65 bits per heavy atom. The molecular formula is C14H14BrN3O2. The zero-order valence-corrected chi connectivity index (χ0v) is 12.7. The second-order valence-electron chi connectivity index (χ2n) is 4.45. The molecule has 0 aliphatic carbocycles. The Morgan fingerprint density at radius 2 is 2.00 bits per heavy atom. The highest BCUT2D eigenvalue weighted by molar-refractivity contribution is 9.10. The third kappa shape index (κ3) is 3.27. The van der Waals surface area contributed by atoms with Crippen molar-refractivity contribution in [2.45, 2.75) is 0 Å². The molecule has 0 spiro atoms. The number of carbonyl (C=O) groups is 1. The van der Waals surface area contributed by atoms with Crippen molar-refractivity contribution in [2.75, 3.05) is 24.3 Å². The average Bonchev–Trinajstić information content (AvgIpc) is 2.38. The van der Waals surface area contributed by atoms with E-state index in [0.29, 0.717) is 11.3 Å². The van der Waals surface area contributed by atoms with Crippen LogP contribution in [0.1, 0.15) is 10.4 Å². The number of pyridine rings is 1. The number of hydrogen-bond donors (Lipinski definition) is 2. The summed E-state index contributed by atoms with van der Waals surface area (Å²) < 4.78 is 0.865. The Labute approximate surface area is 124 Å². The summed E-state index contributed by atoms with van der Waals surface area (Å²) >= 11 is 3.38. The lowest BCUT2D eigenvalue weighted by molar-refractivity contribution is 0.102. The van der Waals surface area contributed by atoms with Crippen molar-refractivity contribution in [1.82, 2.24) is 4.98 Å². The summed E-state index contributed by atoms with van der Waals surface area (Å²) in [6.45, 7) is 0. The second-order valence-corrected chi connectivity index (χ2v) is 5.37. The third-order valence-corrected chi connectivity index (χ3v) is 3.22. The number of nitrogens with zero attached hydrogens (tertiary/aromatic N) is 1. The molecule has 5 nitrogen and oxygen atoms in total. The molecule has 0 aliphatic heterocycles. The molecule has 1 aromatic heterocycles. The molecule has 0 saturated heterocycles. The number of aromatic amines is 1. The molecule has 0 bridgehead atoms. The molecule has 2 aromatic rings. The van der Waals surface area contributed by atoms with Crippen LogP contribution >= 0.6 is 15.9 Å². The van der Waals surface area contributed by atoms with Crippen LogP contribution in [0, 0.1) is 0 Å². The Morgan fingerprint density at radius 1 is 1.25 bits per heavy atom. The predicted molar refractivity (Wildman–Crippen MR) is 83.5 cm³/mol. The van der Waals surface area contributed by atoms with E-state index in [4.69, 9.17) is 0 Å². The van der Waals surface area contributed by atoms with Crippen molar-refractivity contribution in [3.05, 3.63) is 56.9 Å². The smallest absolute Gasteiger partial charge is 0.255 e. The van der Waals surface area contributed by atoms with Gasteiger partial charge in [-0.3, -0.25) is 9.59 Å². The molecule has 6 heteroatoms. The zero-order chi connectivity index (χ0) is 14.7. The Kier molecular flexibility index (Phi) is 4.24. The highest BCUT2D eigenvalue weighted by Gasteiger charge is 2.11. The predicted octanol–water partition coefficient (Wildman–Crippen LogP) is 2.46. The second kappa shape index (κ2) is 5.92. The molecule has 2 N–H and O–H groups in total. The van der Waals surface area contributed by atoms with Gasteiger partial charge in [0.05, 0.1) is 11.4 Å². The third-order valence-electron chi connectivity index (χ3n) is 2.73. The van der Waals surface area contributed by atoms with Gasteiger partial charge in [0.25, 0.3) is 5.91 Å². The summed E-state index contributed by atoms with van der Waals surface area (Å²) in [6.07, 6.45) is 1.45. The normalized spacial score (nSPS) is 10.2. The molecule has 20 heavy (non-hydrogen) atoms. The van der Waals surface area contributed by atoms with Crippen LogP contribution in [0.4, 0.5) is 11.4 Å². The van der Waals surface area contributed by atoms with Gasteiger partial charge >= 0.3 is 0 Å².